The predicted molar refractivity (Wildman–Crippen MR) is 49.2 cm³/mol. The van der Waals surface area contributed by atoms with Gasteiger partial charge in [0.15, 0.2) is 0 Å². The van der Waals surface area contributed by atoms with Crippen LogP contribution in [0.3, 0.4) is 0 Å². The molecule has 0 aliphatic carbocycles. The van der Waals surface area contributed by atoms with Crippen molar-refractivity contribution in [1.82, 2.24) is 0 Å². The van der Waals surface area contributed by atoms with Gasteiger partial charge in [-0.2, -0.15) is 35.1 Å². The maximum Gasteiger partial charge on any atom is 0.438 e. The molecule has 0 bridgehead atoms. The molecule has 0 aliphatic rings. The Balaban J connectivity index is 6.38. The molecule has 0 saturated heterocycles. The van der Waals surface area contributed by atoms with E-state index < -0.39 is 37.6 Å². The van der Waals surface area contributed by atoms with Crippen LogP contribution in [0.15, 0.2) is 0 Å². The average Bonchev–Trinajstić information content (AvgIpc) is 2.10. The maximum absolute atomic E-state index is 13.3. The molecule has 0 saturated carbocycles. The number of hydrogen-bond acceptors (Lipinski definition) is 0. The third kappa shape index (κ3) is 2.39. The van der Waals surface area contributed by atoms with Crippen LogP contribution >= 0.6 is 0 Å². The van der Waals surface area contributed by atoms with Gasteiger partial charge < -0.3 is 0 Å². The van der Waals surface area contributed by atoms with Crippen LogP contribution in [0.5, 0.6) is 0 Å². The van der Waals surface area contributed by atoms with E-state index in [0.29, 0.717) is 19.6 Å². The third-order valence-corrected chi connectivity index (χ3v) is 4.75. The van der Waals surface area contributed by atoms with Crippen molar-refractivity contribution < 1.29 is 48.3 Å². The van der Waals surface area contributed by atoms with Gasteiger partial charge >= 0.3 is 23.9 Å². The number of rotatable bonds is 3. The van der Waals surface area contributed by atoms with Gasteiger partial charge in [-0.3, -0.25) is 0 Å². The Morgan fingerprint density at radius 2 is 0.800 bits per heavy atom. The molecule has 0 nitrogen and oxygen atoms in total. The number of hydrogen-bond donors (Lipinski definition) is 0. The largest absolute Gasteiger partial charge is 0.438 e. The van der Waals surface area contributed by atoms with Gasteiger partial charge in [-0.25, -0.2) is 13.2 Å². The molecule has 0 unspecified atom stereocenters. The topological polar surface area (TPSA) is 0 Å². The molecule has 0 N–H and O–H groups in total. The summed E-state index contributed by atoms with van der Waals surface area (Å²) in [6, 6.07) is 0. The predicted octanol–water partition coefficient (Wildman–Crippen LogP) is 4.97. The van der Waals surface area contributed by atoms with E-state index in [2.05, 4.69) is 0 Å². The summed E-state index contributed by atoms with van der Waals surface area (Å²) in [5.74, 6) is -6.99. The minimum absolute atomic E-state index is 0.397. The Morgan fingerprint density at radius 3 is 0.950 bits per heavy atom. The van der Waals surface area contributed by atoms with Crippen molar-refractivity contribution in [2.24, 2.45) is 0 Å². The molecule has 0 aromatic carbocycles. The normalized spacial score (nSPS) is 16.5. The van der Waals surface area contributed by atoms with Gasteiger partial charge in [0.25, 0.3) is 5.55 Å². The Bertz CT molecular complexity index is 344. The van der Waals surface area contributed by atoms with Gasteiger partial charge in [-0.15, -0.1) is 0 Å². The van der Waals surface area contributed by atoms with Crippen LogP contribution in [0.4, 0.5) is 48.3 Å². The monoisotopic (exact) mass is 342 g/mol. The standard InChI is InChI=1S/C8H9F11Si/c1-20(2,3)8(18,19)5(10,11)4(9,6(12,13)14)7(15,16)17/h1-3H3. The Kier molecular flexibility index (Phi) is 4.35. The number of alkyl halides is 11. The van der Waals surface area contributed by atoms with Crippen molar-refractivity contribution in [2.75, 3.05) is 0 Å². The van der Waals surface area contributed by atoms with Crippen molar-refractivity contribution in [1.29, 1.82) is 0 Å². The van der Waals surface area contributed by atoms with Crippen LogP contribution in [0.25, 0.3) is 0 Å². The molecular formula is C8H9F11Si. The van der Waals surface area contributed by atoms with Gasteiger partial charge in [0.05, 0.1) is 0 Å². The van der Waals surface area contributed by atoms with E-state index in [4.69, 9.17) is 0 Å². The lowest BCUT2D eigenvalue weighted by Gasteiger charge is -2.43. The van der Waals surface area contributed by atoms with Crippen molar-refractivity contribution >= 4 is 8.07 Å². The summed E-state index contributed by atoms with van der Waals surface area (Å²) < 4.78 is 139. The molecule has 0 atom stereocenters. The van der Waals surface area contributed by atoms with Crippen LogP contribution in [0.2, 0.25) is 19.6 Å². The lowest BCUT2D eigenvalue weighted by Crippen LogP contribution is -2.74. The van der Waals surface area contributed by atoms with Crippen LogP contribution in [-0.4, -0.2) is 37.6 Å². The summed E-state index contributed by atoms with van der Waals surface area (Å²) in [6.45, 7) is 1.19. The second-order valence-corrected chi connectivity index (χ2v) is 10.2. The van der Waals surface area contributed by atoms with E-state index in [1.807, 2.05) is 0 Å². The van der Waals surface area contributed by atoms with Crippen molar-refractivity contribution in [3.63, 3.8) is 0 Å². The fraction of sp³-hybridized carbons (Fsp3) is 1.00. The summed E-state index contributed by atoms with van der Waals surface area (Å²) in [6.07, 6.45) is -14.5. The Hall–Kier alpha value is -0.553. The first-order valence-electron chi connectivity index (χ1n) is 4.83. The molecule has 0 amide bonds. The van der Waals surface area contributed by atoms with Crippen LogP contribution in [0, 0.1) is 0 Å². The van der Waals surface area contributed by atoms with E-state index in [1.165, 1.54) is 0 Å². The summed E-state index contributed by atoms with van der Waals surface area (Å²) in [5.41, 5.74) is -13.1. The molecule has 0 aromatic heterocycles. The Labute approximate surface area is 106 Å². The van der Waals surface area contributed by atoms with Crippen LogP contribution < -0.4 is 0 Å². The second-order valence-electron chi connectivity index (χ2n) is 5.05. The molecule has 0 heterocycles. The highest BCUT2D eigenvalue weighted by atomic mass is 28.3. The fourth-order valence-corrected chi connectivity index (χ4v) is 2.32. The fourth-order valence-electron chi connectivity index (χ4n) is 1.20. The highest BCUT2D eigenvalue weighted by molar-refractivity contribution is 6.78. The van der Waals surface area contributed by atoms with E-state index >= 15 is 0 Å². The second kappa shape index (κ2) is 4.47. The highest BCUT2D eigenvalue weighted by Gasteiger charge is 2.91. The van der Waals surface area contributed by atoms with Gasteiger partial charge in [0.2, 0.25) is 0 Å². The van der Waals surface area contributed by atoms with Crippen molar-refractivity contribution in [2.45, 2.75) is 49.1 Å². The molecule has 20 heavy (non-hydrogen) atoms. The molecule has 0 aliphatic heterocycles. The zero-order valence-electron chi connectivity index (χ0n) is 10.2. The van der Waals surface area contributed by atoms with Crippen LogP contribution in [0.1, 0.15) is 0 Å². The third-order valence-electron chi connectivity index (χ3n) is 2.55. The van der Waals surface area contributed by atoms with Gasteiger partial charge in [0.1, 0.15) is 8.07 Å². The molecular weight excluding hydrogens is 333 g/mol. The minimum Gasteiger partial charge on any atom is -0.216 e. The van der Waals surface area contributed by atoms with Crippen LogP contribution in [-0.2, 0) is 0 Å². The number of halogens is 11. The minimum atomic E-state index is -7.34. The molecule has 0 fully saturated rings. The maximum atomic E-state index is 13.3. The summed E-state index contributed by atoms with van der Waals surface area (Å²) >= 11 is 0. The quantitative estimate of drug-likeness (QED) is 0.502. The van der Waals surface area contributed by atoms with Gasteiger partial charge in [-0.05, 0) is 0 Å². The first-order valence-corrected chi connectivity index (χ1v) is 8.33. The highest BCUT2D eigenvalue weighted by Crippen LogP contribution is 2.60. The lowest BCUT2D eigenvalue weighted by molar-refractivity contribution is -0.417. The average molecular weight is 342 g/mol. The first kappa shape index (κ1) is 19.4. The van der Waals surface area contributed by atoms with E-state index in [-0.39, 0.29) is 0 Å². The van der Waals surface area contributed by atoms with Crippen molar-refractivity contribution in [3.05, 3.63) is 0 Å². The lowest BCUT2D eigenvalue weighted by atomic mass is 9.96. The summed E-state index contributed by atoms with van der Waals surface area (Å²) in [7, 11) is -4.61. The molecule has 0 radical (unpaired) electrons. The SMILES string of the molecule is C[Si](C)(C)C(F)(F)C(F)(F)C(F)(C(F)(F)F)C(F)(F)F. The molecule has 0 rings (SSSR count). The van der Waals surface area contributed by atoms with Gasteiger partial charge in [0, 0.05) is 0 Å². The molecule has 12 heteroatoms. The van der Waals surface area contributed by atoms with Crippen molar-refractivity contribution in [3.8, 4) is 0 Å². The summed E-state index contributed by atoms with van der Waals surface area (Å²) in [4.78, 5) is 0. The molecule has 0 aromatic rings. The zero-order chi connectivity index (χ0) is 17.0. The van der Waals surface area contributed by atoms with E-state index in [1.54, 1.807) is 0 Å². The smallest absolute Gasteiger partial charge is 0.216 e. The first-order chi connectivity index (χ1) is 8.25. The molecule has 122 valence electrons. The Morgan fingerprint density at radius 1 is 0.550 bits per heavy atom. The summed E-state index contributed by atoms with van der Waals surface area (Å²) in [5, 5.41) is 0. The van der Waals surface area contributed by atoms with Gasteiger partial charge in [-0.1, -0.05) is 19.6 Å². The van der Waals surface area contributed by atoms with E-state index in [9.17, 15) is 48.3 Å². The zero-order valence-corrected chi connectivity index (χ0v) is 11.2. The molecule has 0 spiro atoms. The van der Waals surface area contributed by atoms with E-state index in [0.717, 1.165) is 0 Å².